The number of hydrogen-bond donors (Lipinski definition) is 0. The van der Waals surface area contributed by atoms with Gasteiger partial charge in [0.15, 0.2) is 5.65 Å². The van der Waals surface area contributed by atoms with Crippen LogP contribution in [0.2, 0.25) is 0 Å². The Labute approximate surface area is 181 Å². The molecule has 0 aromatic carbocycles. The molecule has 9 heteroatoms. The molecular weight excluding hydrogens is 394 g/mol. The first-order valence-corrected chi connectivity index (χ1v) is 11.0. The van der Waals surface area contributed by atoms with Crippen LogP contribution < -0.4 is 0 Å². The quantitative estimate of drug-likeness (QED) is 0.636. The second-order valence-corrected chi connectivity index (χ2v) is 8.58. The maximum absolute atomic E-state index is 13.6. The summed E-state index contributed by atoms with van der Waals surface area (Å²) in [6, 6.07) is 1.65. The maximum atomic E-state index is 13.6. The van der Waals surface area contributed by atoms with E-state index in [0.29, 0.717) is 18.7 Å². The first-order chi connectivity index (χ1) is 15.1. The minimum absolute atomic E-state index is 0.0409. The highest BCUT2D eigenvalue weighted by Gasteiger charge is 2.38. The minimum atomic E-state index is -0.184. The number of hydrogen-bond acceptors (Lipinski definition) is 6. The molecule has 0 N–H and O–H groups in total. The SMILES string of the molecule is Cn1cc([C@H]2[C@H](CN3CCCCC3)OCCN2C(=O)c2cnc3c(c2)ncn3C)cn1. The predicted octanol–water partition coefficient (Wildman–Crippen LogP) is 1.77. The third kappa shape index (κ3) is 3.95. The van der Waals surface area contributed by atoms with Gasteiger partial charge < -0.3 is 19.1 Å². The summed E-state index contributed by atoms with van der Waals surface area (Å²) < 4.78 is 9.88. The van der Waals surface area contributed by atoms with Gasteiger partial charge in [0, 0.05) is 45.1 Å². The van der Waals surface area contributed by atoms with E-state index in [4.69, 9.17) is 4.74 Å². The van der Waals surface area contributed by atoms with Gasteiger partial charge in [0.1, 0.15) is 5.52 Å². The molecule has 0 bridgehead atoms. The van der Waals surface area contributed by atoms with Crippen molar-refractivity contribution >= 4 is 17.1 Å². The van der Waals surface area contributed by atoms with Crippen molar-refractivity contribution in [1.29, 1.82) is 0 Å². The van der Waals surface area contributed by atoms with E-state index in [1.165, 1.54) is 19.3 Å². The minimum Gasteiger partial charge on any atom is -0.373 e. The van der Waals surface area contributed by atoms with E-state index in [1.807, 2.05) is 42.0 Å². The van der Waals surface area contributed by atoms with Crippen LogP contribution in [0.1, 0.15) is 41.2 Å². The zero-order valence-electron chi connectivity index (χ0n) is 18.1. The van der Waals surface area contributed by atoms with Gasteiger partial charge in [-0.1, -0.05) is 6.42 Å². The van der Waals surface area contributed by atoms with E-state index in [1.54, 1.807) is 17.2 Å². The van der Waals surface area contributed by atoms with Crippen LogP contribution in [0.4, 0.5) is 0 Å². The molecule has 2 aliphatic heterocycles. The molecule has 0 saturated carbocycles. The highest BCUT2D eigenvalue weighted by molar-refractivity contribution is 5.96. The summed E-state index contributed by atoms with van der Waals surface area (Å²) in [4.78, 5) is 26.9. The first kappa shape index (κ1) is 20.1. The Kier molecular flexibility index (Phi) is 5.45. The lowest BCUT2D eigenvalue weighted by molar-refractivity contribution is -0.0741. The van der Waals surface area contributed by atoms with Crippen molar-refractivity contribution in [2.45, 2.75) is 31.4 Å². The van der Waals surface area contributed by atoms with Crippen molar-refractivity contribution in [2.75, 3.05) is 32.8 Å². The van der Waals surface area contributed by atoms with E-state index in [9.17, 15) is 4.79 Å². The molecule has 0 unspecified atom stereocenters. The molecule has 31 heavy (non-hydrogen) atoms. The third-order valence-corrected chi connectivity index (χ3v) is 6.36. The standard InChI is InChI=1S/C22H29N7O2/c1-26-15-24-18-10-16(11-23-21(18)26)22(30)29-8-9-31-19(14-28-6-4-3-5-7-28)20(29)17-12-25-27(2)13-17/h10-13,15,19-20H,3-9,14H2,1-2H3/t19-,20-/m0/s1. The van der Waals surface area contributed by atoms with E-state index in [2.05, 4.69) is 20.0 Å². The van der Waals surface area contributed by atoms with Crippen molar-refractivity contribution < 1.29 is 9.53 Å². The van der Waals surface area contributed by atoms with Gasteiger partial charge in [-0.15, -0.1) is 0 Å². The Morgan fingerprint density at radius 2 is 1.97 bits per heavy atom. The number of ether oxygens (including phenoxy) is 1. The molecule has 0 radical (unpaired) electrons. The second kappa shape index (κ2) is 8.39. The van der Waals surface area contributed by atoms with Crippen molar-refractivity contribution in [3.8, 4) is 0 Å². The van der Waals surface area contributed by atoms with Gasteiger partial charge in [0.25, 0.3) is 5.91 Å². The number of likely N-dealkylation sites (tertiary alicyclic amines) is 1. The number of imidazole rings is 1. The number of carbonyl (C=O) groups is 1. The van der Waals surface area contributed by atoms with Crippen LogP contribution >= 0.6 is 0 Å². The van der Waals surface area contributed by atoms with Crippen LogP contribution in [0.5, 0.6) is 0 Å². The van der Waals surface area contributed by atoms with Crippen LogP contribution in [0.25, 0.3) is 11.2 Å². The molecule has 5 rings (SSSR count). The number of fused-ring (bicyclic) bond motifs is 1. The molecule has 5 heterocycles. The molecule has 164 valence electrons. The fourth-order valence-corrected chi connectivity index (χ4v) is 4.80. The Balaban J connectivity index is 1.46. The van der Waals surface area contributed by atoms with Crippen molar-refractivity contribution in [1.82, 2.24) is 34.1 Å². The summed E-state index contributed by atoms with van der Waals surface area (Å²) in [5, 5.41) is 4.37. The Hall–Kier alpha value is -2.78. The number of morpholine rings is 1. The number of pyridine rings is 1. The van der Waals surface area contributed by atoms with Crippen molar-refractivity contribution in [3.63, 3.8) is 0 Å². The van der Waals surface area contributed by atoms with Gasteiger partial charge in [-0.25, -0.2) is 9.97 Å². The summed E-state index contributed by atoms with van der Waals surface area (Å²) >= 11 is 0. The molecule has 0 aliphatic carbocycles. The summed E-state index contributed by atoms with van der Waals surface area (Å²) in [5.74, 6) is -0.0409. The summed E-state index contributed by atoms with van der Waals surface area (Å²) in [7, 11) is 3.80. The number of aryl methyl sites for hydroxylation is 2. The van der Waals surface area contributed by atoms with Crippen molar-refractivity contribution in [2.24, 2.45) is 14.1 Å². The van der Waals surface area contributed by atoms with Crippen LogP contribution in [0.15, 0.2) is 31.0 Å². The monoisotopic (exact) mass is 423 g/mol. The lowest BCUT2D eigenvalue weighted by Gasteiger charge is -2.43. The van der Waals surface area contributed by atoms with Gasteiger partial charge in [-0.3, -0.25) is 9.48 Å². The van der Waals surface area contributed by atoms with Gasteiger partial charge in [-0.05, 0) is 32.0 Å². The fraction of sp³-hybridized carbons (Fsp3) is 0.545. The predicted molar refractivity (Wildman–Crippen MR) is 116 cm³/mol. The Morgan fingerprint density at radius 1 is 1.13 bits per heavy atom. The molecule has 3 aromatic heterocycles. The van der Waals surface area contributed by atoms with Crippen LogP contribution in [0, 0.1) is 0 Å². The van der Waals surface area contributed by atoms with Crippen LogP contribution in [-0.2, 0) is 18.8 Å². The van der Waals surface area contributed by atoms with E-state index in [-0.39, 0.29) is 18.1 Å². The van der Waals surface area contributed by atoms with E-state index >= 15 is 0 Å². The number of piperidine rings is 1. The molecule has 3 aromatic rings. The largest absolute Gasteiger partial charge is 0.373 e. The lowest BCUT2D eigenvalue weighted by atomic mass is 9.98. The average Bonchev–Trinajstić information content (AvgIpc) is 3.39. The smallest absolute Gasteiger partial charge is 0.256 e. The van der Waals surface area contributed by atoms with Crippen LogP contribution in [0.3, 0.4) is 0 Å². The van der Waals surface area contributed by atoms with E-state index in [0.717, 1.165) is 36.4 Å². The summed E-state index contributed by atoms with van der Waals surface area (Å²) in [6.07, 6.45) is 10.9. The maximum Gasteiger partial charge on any atom is 0.256 e. The molecule has 0 spiro atoms. The number of aromatic nitrogens is 5. The van der Waals surface area contributed by atoms with Gasteiger partial charge >= 0.3 is 0 Å². The highest BCUT2D eigenvalue weighted by atomic mass is 16.5. The summed E-state index contributed by atoms with van der Waals surface area (Å²) in [5.41, 5.74) is 3.05. The zero-order chi connectivity index (χ0) is 21.4. The number of amides is 1. The molecule has 2 fully saturated rings. The number of nitrogens with zero attached hydrogens (tertiary/aromatic N) is 7. The lowest BCUT2D eigenvalue weighted by Crippen LogP contribution is -2.52. The van der Waals surface area contributed by atoms with Crippen molar-refractivity contribution in [3.05, 3.63) is 42.1 Å². The number of rotatable bonds is 4. The molecule has 2 atom stereocenters. The molecular formula is C22H29N7O2. The Morgan fingerprint density at radius 3 is 2.74 bits per heavy atom. The molecule has 9 nitrogen and oxygen atoms in total. The first-order valence-electron chi connectivity index (χ1n) is 11.0. The van der Waals surface area contributed by atoms with Gasteiger partial charge in [0.05, 0.1) is 36.8 Å². The third-order valence-electron chi connectivity index (χ3n) is 6.36. The molecule has 2 saturated heterocycles. The van der Waals surface area contributed by atoms with E-state index < -0.39 is 0 Å². The topological polar surface area (TPSA) is 81.3 Å². The fourth-order valence-electron chi connectivity index (χ4n) is 4.80. The highest BCUT2D eigenvalue weighted by Crippen LogP contribution is 2.32. The molecule has 2 aliphatic rings. The molecule has 1 amide bonds. The van der Waals surface area contributed by atoms with Crippen LogP contribution in [-0.4, -0.2) is 78.9 Å². The van der Waals surface area contributed by atoms with Gasteiger partial charge in [-0.2, -0.15) is 5.10 Å². The van der Waals surface area contributed by atoms with Gasteiger partial charge in [0.2, 0.25) is 0 Å². The average molecular weight is 424 g/mol. The normalized spacial score (nSPS) is 22.8. The summed E-state index contributed by atoms with van der Waals surface area (Å²) in [6.45, 7) is 4.07. The number of carbonyl (C=O) groups excluding carboxylic acids is 1. The zero-order valence-corrected chi connectivity index (χ0v) is 18.1. The Bertz CT molecular complexity index is 1070. The second-order valence-electron chi connectivity index (χ2n) is 8.58.